The van der Waals surface area contributed by atoms with Crippen molar-refractivity contribution >= 4 is 6.08 Å². The van der Waals surface area contributed by atoms with E-state index in [1.54, 1.807) is 0 Å². The number of phenols is 2. The number of aromatic hydroxyl groups is 2. The second-order valence-electron chi connectivity index (χ2n) is 4.12. The maximum Gasteiger partial charge on any atom is 0.420 e. The van der Waals surface area contributed by atoms with E-state index >= 15 is 0 Å². The lowest BCUT2D eigenvalue weighted by atomic mass is 9.99. The van der Waals surface area contributed by atoms with E-state index in [0.717, 1.165) is 6.07 Å². The lowest BCUT2D eigenvalue weighted by molar-refractivity contribution is -0.139. The zero-order valence-corrected chi connectivity index (χ0v) is 8.95. The number of hydrogen-bond donors (Lipinski definition) is 2. The van der Waals surface area contributed by atoms with Gasteiger partial charge in [-0.1, -0.05) is 0 Å². The van der Waals surface area contributed by atoms with Crippen molar-refractivity contribution in [3.05, 3.63) is 23.3 Å². The van der Waals surface area contributed by atoms with E-state index in [2.05, 4.69) is 4.99 Å². The molecule has 2 N–H and O–H groups in total. The molecule has 0 aliphatic heterocycles. The van der Waals surface area contributed by atoms with E-state index in [1.807, 2.05) is 0 Å². The molecule has 1 saturated carbocycles. The summed E-state index contributed by atoms with van der Waals surface area (Å²) in [4.78, 5) is 13.7. The second kappa shape index (κ2) is 3.74. The van der Waals surface area contributed by atoms with Gasteiger partial charge in [-0.2, -0.15) is 18.2 Å². The highest BCUT2D eigenvalue weighted by Gasteiger charge is 2.49. The van der Waals surface area contributed by atoms with E-state index < -0.39 is 28.8 Å². The van der Waals surface area contributed by atoms with Crippen LogP contribution >= 0.6 is 0 Å². The fourth-order valence-corrected chi connectivity index (χ4v) is 1.84. The molecule has 0 amide bonds. The van der Waals surface area contributed by atoms with Gasteiger partial charge in [0.05, 0.1) is 0 Å². The zero-order valence-electron chi connectivity index (χ0n) is 8.95. The van der Waals surface area contributed by atoms with Crippen LogP contribution in [0.2, 0.25) is 0 Å². The Morgan fingerprint density at radius 3 is 2.33 bits per heavy atom. The molecule has 2 rings (SSSR count). The molecule has 0 saturated heterocycles. The van der Waals surface area contributed by atoms with Crippen LogP contribution in [0.1, 0.15) is 24.0 Å². The molecular weight excluding hydrogens is 251 g/mol. The fourth-order valence-electron chi connectivity index (χ4n) is 1.84. The summed E-state index contributed by atoms with van der Waals surface area (Å²) in [5.74, 6) is -1.64. The van der Waals surface area contributed by atoms with Gasteiger partial charge in [0.15, 0.2) is 0 Å². The van der Waals surface area contributed by atoms with Gasteiger partial charge in [-0.05, 0) is 25.0 Å². The van der Waals surface area contributed by atoms with Crippen molar-refractivity contribution in [1.29, 1.82) is 0 Å². The van der Waals surface area contributed by atoms with Crippen molar-refractivity contribution in [3.63, 3.8) is 0 Å². The molecule has 0 atom stereocenters. The van der Waals surface area contributed by atoms with Gasteiger partial charge in [-0.25, -0.2) is 4.79 Å². The first-order valence-electron chi connectivity index (χ1n) is 5.03. The van der Waals surface area contributed by atoms with Crippen LogP contribution in [-0.2, 0) is 16.5 Å². The Labute approximate surface area is 99.4 Å². The topological polar surface area (TPSA) is 69.9 Å². The Bertz CT molecular complexity index is 543. The summed E-state index contributed by atoms with van der Waals surface area (Å²) in [6.45, 7) is 0. The SMILES string of the molecule is O=C=NC1(c2cc(O)cc(C(F)(F)F)c2O)CC1. The lowest BCUT2D eigenvalue weighted by Gasteiger charge is -2.16. The first-order chi connectivity index (χ1) is 8.30. The van der Waals surface area contributed by atoms with Crippen molar-refractivity contribution in [2.75, 3.05) is 0 Å². The normalized spacial score (nSPS) is 17.1. The monoisotopic (exact) mass is 259 g/mol. The molecule has 96 valence electrons. The van der Waals surface area contributed by atoms with Crippen molar-refractivity contribution in [1.82, 2.24) is 0 Å². The highest BCUT2D eigenvalue weighted by molar-refractivity contribution is 5.54. The average Bonchev–Trinajstić information content (AvgIpc) is 3.01. The Morgan fingerprint density at radius 2 is 1.89 bits per heavy atom. The van der Waals surface area contributed by atoms with Gasteiger partial charge in [-0.15, -0.1) is 0 Å². The van der Waals surface area contributed by atoms with Gasteiger partial charge in [0.25, 0.3) is 0 Å². The largest absolute Gasteiger partial charge is 0.508 e. The fraction of sp³-hybridized carbons (Fsp3) is 0.364. The van der Waals surface area contributed by atoms with Gasteiger partial charge in [0.1, 0.15) is 22.6 Å². The summed E-state index contributed by atoms with van der Waals surface area (Å²) >= 11 is 0. The molecule has 1 aliphatic rings. The van der Waals surface area contributed by atoms with Crippen LogP contribution in [0.25, 0.3) is 0 Å². The number of nitrogens with zero attached hydrogens (tertiary/aromatic N) is 1. The number of hydrogen-bond acceptors (Lipinski definition) is 4. The molecule has 1 fully saturated rings. The molecule has 0 spiro atoms. The number of isocyanates is 1. The molecule has 0 bridgehead atoms. The lowest BCUT2D eigenvalue weighted by Crippen LogP contribution is -2.10. The van der Waals surface area contributed by atoms with Gasteiger partial charge in [-0.3, -0.25) is 0 Å². The molecular formula is C11H8F3NO3. The predicted octanol–water partition coefficient (Wildman–Crippen LogP) is 2.44. The number of halogens is 3. The third kappa shape index (κ3) is 1.93. The number of benzene rings is 1. The summed E-state index contributed by atoms with van der Waals surface area (Å²) in [7, 11) is 0. The first-order valence-corrected chi connectivity index (χ1v) is 5.03. The highest BCUT2D eigenvalue weighted by atomic mass is 19.4. The third-order valence-corrected chi connectivity index (χ3v) is 2.88. The minimum absolute atomic E-state index is 0.196. The molecule has 4 nitrogen and oxygen atoms in total. The number of phenolic OH excluding ortho intramolecular Hbond substituents is 2. The van der Waals surface area contributed by atoms with Crippen LogP contribution in [-0.4, -0.2) is 16.3 Å². The number of carbonyl (C=O) groups excluding carboxylic acids is 1. The molecule has 18 heavy (non-hydrogen) atoms. The van der Waals surface area contributed by atoms with Gasteiger partial charge in [0.2, 0.25) is 6.08 Å². The van der Waals surface area contributed by atoms with Crippen LogP contribution < -0.4 is 0 Å². The van der Waals surface area contributed by atoms with Gasteiger partial charge in [0, 0.05) is 5.56 Å². The molecule has 0 aromatic heterocycles. The molecule has 1 aromatic rings. The quantitative estimate of drug-likeness (QED) is 0.487. The van der Waals surface area contributed by atoms with Crippen LogP contribution in [0, 0.1) is 0 Å². The minimum atomic E-state index is -4.79. The smallest absolute Gasteiger partial charge is 0.420 e. The molecule has 0 radical (unpaired) electrons. The summed E-state index contributed by atoms with van der Waals surface area (Å²) in [5.41, 5.74) is -2.71. The molecule has 7 heteroatoms. The maximum absolute atomic E-state index is 12.6. The third-order valence-electron chi connectivity index (χ3n) is 2.88. The van der Waals surface area contributed by atoms with Crippen molar-refractivity contribution in [3.8, 4) is 11.5 Å². The second-order valence-corrected chi connectivity index (χ2v) is 4.12. The van der Waals surface area contributed by atoms with Crippen LogP contribution in [0.15, 0.2) is 17.1 Å². The van der Waals surface area contributed by atoms with E-state index in [-0.39, 0.29) is 5.56 Å². The zero-order chi connectivity index (χ0) is 13.6. The first kappa shape index (κ1) is 12.4. The van der Waals surface area contributed by atoms with E-state index in [1.165, 1.54) is 6.08 Å². The molecule has 0 unspecified atom stereocenters. The van der Waals surface area contributed by atoms with Crippen molar-refractivity contribution < 1.29 is 28.2 Å². The molecule has 1 aliphatic carbocycles. The highest BCUT2D eigenvalue weighted by Crippen LogP contribution is 2.55. The Balaban J connectivity index is 2.63. The standard InChI is InChI=1S/C11H8F3NO3/c12-11(13,14)8-4-6(17)3-7(9(8)18)10(1-2-10)15-5-16/h3-4,17-18H,1-2H2. The Kier molecular flexibility index (Phi) is 2.59. The molecule has 1 aromatic carbocycles. The summed E-state index contributed by atoms with van der Waals surface area (Å²) in [6, 6.07) is 1.41. The van der Waals surface area contributed by atoms with Gasteiger partial charge < -0.3 is 10.2 Å². The summed E-state index contributed by atoms with van der Waals surface area (Å²) in [5, 5.41) is 18.9. The van der Waals surface area contributed by atoms with E-state index in [4.69, 9.17) is 0 Å². The van der Waals surface area contributed by atoms with E-state index in [9.17, 15) is 28.2 Å². The average molecular weight is 259 g/mol. The van der Waals surface area contributed by atoms with Crippen LogP contribution in [0.5, 0.6) is 11.5 Å². The van der Waals surface area contributed by atoms with Crippen molar-refractivity contribution in [2.45, 2.75) is 24.6 Å². The minimum Gasteiger partial charge on any atom is -0.508 e. The number of rotatable bonds is 2. The Morgan fingerprint density at radius 1 is 1.28 bits per heavy atom. The van der Waals surface area contributed by atoms with Crippen LogP contribution in [0.3, 0.4) is 0 Å². The Hall–Kier alpha value is -2.01. The maximum atomic E-state index is 12.6. The van der Waals surface area contributed by atoms with E-state index in [0.29, 0.717) is 18.9 Å². The number of aliphatic imine (C=N–C) groups is 1. The molecule has 0 heterocycles. The predicted molar refractivity (Wildman–Crippen MR) is 53.8 cm³/mol. The summed E-state index contributed by atoms with van der Waals surface area (Å²) < 4.78 is 37.9. The van der Waals surface area contributed by atoms with Gasteiger partial charge >= 0.3 is 6.18 Å². The van der Waals surface area contributed by atoms with Crippen LogP contribution in [0.4, 0.5) is 13.2 Å². The van der Waals surface area contributed by atoms with Crippen molar-refractivity contribution in [2.24, 2.45) is 4.99 Å². The number of alkyl halides is 3. The summed E-state index contributed by atoms with van der Waals surface area (Å²) in [6.07, 6.45) is -2.86.